The van der Waals surface area contributed by atoms with Crippen molar-refractivity contribution >= 4 is 11.9 Å². The standard InChI is InChI=1S/C20H23NO6/c1-25-16-8-14(9-17(11-16)26-2)12-21(13-20(23)24)19(22)10-15-6-4-5-7-18(15)27-3/h4-9,11H,10,12-13H2,1-3H3,(H,23,24). The molecule has 0 fully saturated rings. The number of hydrogen-bond acceptors (Lipinski definition) is 5. The van der Waals surface area contributed by atoms with Crippen LogP contribution in [0.5, 0.6) is 17.2 Å². The summed E-state index contributed by atoms with van der Waals surface area (Å²) in [5, 5.41) is 9.21. The molecule has 2 rings (SSSR count). The van der Waals surface area contributed by atoms with Crippen LogP contribution < -0.4 is 14.2 Å². The van der Waals surface area contributed by atoms with Crippen LogP contribution >= 0.6 is 0 Å². The number of benzene rings is 2. The third-order valence-corrected chi connectivity index (χ3v) is 4.00. The highest BCUT2D eigenvalue weighted by Gasteiger charge is 2.19. The molecule has 0 saturated carbocycles. The zero-order chi connectivity index (χ0) is 19.8. The summed E-state index contributed by atoms with van der Waals surface area (Å²) < 4.78 is 15.7. The van der Waals surface area contributed by atoms with Gasteiger partial charge in [-0.1, -0.05) is 18.2 Å². The average Bonchev–Trinajstić information content (AvgIpc) is 2.67. The van der Waals surface area contributed by atoms with Crippen LogP contribution in [0.4, 0.5) is 0 Å². The van der Waals surface area contributed by atoms with Crippen molar-refractivity contribution in [2.45, 2.75) is 13.0 Å². The Morgan fingerprint density at radius 2 is 1.59 bits per heavy atom. The van der Waals surface area contributed by atoms with Crippen molar-refractivity contribution in [3.05, 3.63) is 53.6 Å². The summed E-state index contributed by atoms with van der Waals surface area (Å²) in [5.41, 5.74) is 1.41. The minimum absolute atomic E-state index is 0.0401. The molecule has 7 heteroatoms. The van der Waals surface area contributed by atoms with E-state index in [2.05, 4.69) is 0 Å². The summed E-state index contributed by atoms with van der Waals surface area (Å²) >= 11 is 0. The maximum atomic E-state index is 12.8. The number of aliphatic carboxylic acids is 1. The quantitative estimate of drug-likeness (QED) is 0.726. The van der Waals surface area contributed by atoms with Crippen molar-refractivity contribution < 1.29 is 28.9 Å². The van der Waals surface area contributed by atoms with Gasteiger partial charge in [-0.15, -0.1) is 0 Å². The van der Waals surface area contributed by atoms with Gasteiger partial charge in [-0.25, -0.2) is 0 Å². The average molecular weight is 373 g/mol. The number of carbonyl (C=O) groups excluding carboxylic acids is 1. The van der Waals surface area contributed by atoms with Crippen LogP contribution in [0.25, 0.3) is 0 Å². The van der Waals surface area contributed by atoms with Gasteiger partial charge in [-0.2, -0.15) is 0 Å². The predicted octanol–water partition coefficient (Wildman–Crippen LogP) is 2.37. The molecule has 27 heavy (non-hydrogen) atoms. The number of carbonyl (C=O) groups is 2. The first-order chi connectivity index (χ1) is 13.0. The molecule has 2 aromatic carbocycles. The second-order valence-corrected chi connectivity index (χ2v) is 5.85. The third kappa shape index (κ3) is 5.64. The highest BCUT2D eigenvalue weighted by molar-refractivity contribution is 5.83. The molecule has 0 atom stereocenters. The van der Waals surface area contributed by atoms with E-state index in [1.54, 1.807) is 36.4 Å². The van der Waals surface area contributed by atoms with E-state index in [-0.39, 0.29) is 18.9 Å². The molecule has 0 unspecified atom stereocenters. The molecular formula is C20H23NO6. The fourth-order valence-corrected chi connectivity index (χ4v) is 2.70. The molecule has 0 radical (unpaired) electrons. The fourth-order valence-electron chi connectivity index (χ4n) is 2.70. The highest BCUT2D eigenvalue weighted by atomic mass is 16.5. The van der Waals surface area contributed by atoms with Gasteiger partial charge < -0.3 is 24.2 Å². The number of ether oxygens (including phenoxy) is 3. The molecule has 0 aromatic heterocycles. The number of para-hydroxylation sites is 1. The summed E-state index contributed by atoms with van der Waals surface area (Å²) in [5.74, 6) is 0.319. The van der Waals surface area contributed by atoms with Crippen LogP contribution in [0, 0.1) is 0 Å². The molecular weight excluding hydrogens is 350 g/mol. The molecule has 0 aliphatic carbocycles. The van der Waals surface area contributed by atoms with Gasteiger partial charge in [-0.05, 0) is 23.8 Å². The van der Waals surface area contributed by atoms with Gasteiger partial charge in [0.05, 0.1) is 27.8 Å². The molecule has 7 nitrogen and oxygen atoms in total. The summed E-state index contributed by atoms with van der Waals surface area (Å²) in [4.78, 5) is 25.3. The van der Waals surface area contributed by atoms with Crippen molar-refractivity contribution in [2.24, 2.45) is 0 Å². The van der Waals surface area contributed by atoms with Crippen LogP contribution in [0.2, 0.25) is 0 Å². The van der Waals surface area contributed by atoms with E-state index >= 15 is 0 Å². The van der Waals surface area contributed by atoms with E-state index in [0.717, 1.165) is 0 Å². The Balaban J connectivity index is 2.24. The molecule has 0 aliphatic rings. The van der Waals surface area contributed by atoms with Gasteiger partial charge in [-0.3, -0.25) is 9.59 Å². The van der Waals surface area contributed by atoms with Gasteiger partial charge in [0.15, 0.2) is 0 Å². The SMILES string of the molecule is COc1cc(CN(CC(=O)O)C(=O)Cc2ccccc2OC)cc(OC)c1. The molecule has 2 aromatic rings. The smallest absolute Gasteiger partial charge is 0.323 e. The van der Waals surface area contributed by atoms with Gasteiger partial charge in [0.25, 0.3) is 0 Å². The number of carboxylic acid groups (broad SMARTS) is 1. The molecule has 0 aliphatic heterocycles. The summed E-state index contributed by atoms with van der Waals surface area (Å²) in [7, 11) is 4.58. The number of rotatable bonds is 9. The Labute approximate surface area is 158 Å². The topological polar surface area (TPSA) is 85.3 Å². The fraction of sp³-hybridized carbons (Fsp3) is 0.300. The van der Waals surface area contributed by atoms with Crippen molar-refractivity contribution in [2.75, 3.05) is 27.9 Å². The first-order valence-electron chi connectivity index (χ1n) is 8.30. The lowest BCUT2D eigenvalue weighted by Crippen LogP contribution is -2.36. The van der Waals surface area contributed by atoms with E-state index in [1.165, 1.54) is 26.2 Å². The predicted molar refractivity (Wildman–Crippen MR) is 99.3 cm³/mol. The molecule has 0 bridgehead atoms. The molecule has 0 heterocycles. The van der Waals surface area contributed by atoms with Crippen LogP contribution in [0.15, 0.2) is 42.5 Å². The lowest BCUT2D eigenvalue weighted by Gasteiger charge is -2.22. The lowest BCUT2D eigenvalue weighted by molar-refractivity contribution is -0.144. The van der Waals surface area contributed by atoms with Crippen molar-refractivity contribution in [1.82, 2.24) is 4.90 Å². The molecule has 1 N–H and O–H groups in total. The van der Waals surface area contributed by atoms with Crippen molar-refractivity contribution in [3.63, 3.8) is 0 Å². The van der Waals surface area contributed by atoms with E-state index in [4.69, 9.17) is 14.2 Å². The summed E-state index contributed by atoms with van der Waals surface area (Å²) in [6.07, 6.45) is 0.0401. The Morgan fingerprint density at radius 1 is 0.963 bits per heavy atom. The first-order valence-corrected chi connectivity index (χ1v) is 8.30. The van der Waals surface area contributed by atoms with E-state index < -0.39 is 12.5 Å². The number of methoxy groups -OCH3 is 3. The summed E-state index contributed by atoms with van der Waals surface area (Å²) in [6.45, 7) is -0.290. The largest absolute Gasteiger partial charge is 0.497 e. The van der Waals surface area contributed by atoms with Gasteiger partial charge in [0, 0.05) is 18.2 Å². The molecule has 0 spiro atoms. The van der Waals surface area contributed by atoms with Crippen LogP contribution in [0.3, 0.4) is 0 Å². The monoisotopic (exact) mass is 373 g/mol. The lowest BCUT2D eigenvalue weighted by atomic mass is 10.1. The Kier molecular flexibility index (Phi) is 7.05. The minimum atomic E-state index is -1.08. The maximum Gasteiger partial charge on any atom is 0.323 e. The van der Waals surface area contributed by atoms with Crippen LogP contribution in [-0.2, 0) is 22.6 Å². The van der Waals surface area contributed by atoms with Crippen molar-refractivity contribution in [3.8, 4) is 17.2 Å². The van der Waals surface area contributed by atoms with Crippen LogP contribution in [-0.4, -0.2) is 49.8 Å². The van der Waals surface area contributed by atoms with Crippen molar-refractivity contribution in [1.29, 1.82) is 0 Å². The Bertz CT molecular complexity index is 783. The zero-order valence-corrected chi connectivity index (χ0v) is 15.6. The zero-order valence-electron chi connectivity index (χ0n) is 15.6. The van der Waals surface area contributed by atoms with E-state index in [9.17, 15) is 14.7 Å². The van der Waals surface area contributed by atoms with Gasteiger partial charge >= 0.3 is 5.97 Å². The highest BCUT2D eigenvalue weighted by Crippen LogP contribution is 2.24. The Morgan fingerprint density at radius 3 is 2.15 bits per heavy atom. The molecule has 144 valence electrons. The van der Waals surface area contributed by atoms with Gasteiger partial charge in [0.2, 0.25) is 5.91 Å². The Hall–Kier alpha value is -3.22. The molecule has 0 saturated heterocycles. The number of hydrogen-bond donors (Lipinski definition) is 1. The first kappa shape index (κ1) is 20.1. The molecule has 1 amide bonds. The second-order valence-electron chi connectivity index (χ2n) is 5.85. The number of carboxylic acids is 1. The van der Waals surface area contributed by atoms with Crippen LogP contribution in [0.1, 0.15) is 11.1 Å². The second kappa shape index (κ2) is 9.47. The third-order valence-electron chi connectivity index (χ3n) is 4.00. The minimum Gasteiger partial charge on any atom is -0.497 e. The normalized spacial score (nSPS) is 10.2. The maximum absolute atomic E-state index is 12.8. The van der Waals surface area contributed by atoms with E-state index in [1.807, 2.05) is 6.07 Å². The van der Waals surface area contributed by atoms with E-state index in [0.29, 0.717) is 28.4 Å². The number of nitrogens with zero attached hydrogens (tertiary/aromatic N) is 1. The summed E-state index contributed by atoms with van der Waals surface area (Å²) in [6, 6.07) is 12.4. The number of amides is 1. The van der Waals surface area contributed by atoms with Gasteiger partial charge in [0.1, 0.15) is 23.8 Å².